The molecule has 2 aliphatic heterocycles. The molecule has 5 aromatic rings. The van der Waals surface area contributed by atoms with Gasteiger partial charge in [0.1, 0.15) is 12.1 Å². The number of hydrogen-bond donors (Lipinski definition) is 0. The van der Waals surface area contributed by atoms with E-state index in [2.05, 4.69) is 69.2 Å². The molecule has 2 aromatic carbocycles. The van der Waals surface area contributed by atoms with Crippen LogP contribution in [0.1, 0.15) is 18.1 Å². The Bertz CT molecular complexity index is 1660. The monoisotopic (exact) mass is 549 g/mol. The molecule has 1 amide bonds. The van der Waals surface area contributed by atoms with E-state index in [9.17, 15) is 4.79 Å². The average Bonchev–Trinajstić information content (AvgIpc) is 3.65. The number of piperazine rings is 1. The van der Waals surface area contributed by atoms with E-state index in [4.69, 9.17) is 4.98 Å². The van der Waals surface area contributed by atoms with Gasteiger partial charge >= 0.3 is 0 Å². The fraction of sp³-hybridized carbons (Fsp3) is 0.290. The summed E-state index contributed by atoms with van der Waals surface area (Å²) in [6.45, 7) is 6.53. The van der Waals surface area contributed by atoms with Crippen molar-refractivity contribution >= 4 is 39.2 Å². The third-order valence-corrected chi connectivity index (χ3v) is 9.15. The molecule has 0 aliphatic carbocycles. The highest BCUT2D eigenvalue weighted by Gasteiger charge is 2.30. The van der Waals surface area contributed by atoms with Gasteiger partial charge < -0.3 is 19.3 Å². The second kappa shape index (κ2) is 10.4. The number of anilines is 2. The Labute approximate surface area is 237 Å². The molecule has 2 aliphatic rings. The van der Waals surface area contributed by atoms with E-state index in [-0.39, 0.29) is 18.5 Å². The summed E-state index contributed by atoms with van der Waals surface area (Å²) in [6, 6.07) is 21.0. The number of carbonyl (C=O) groups excluding carboxylic acids is 1. The topological polar surface area (TPSA) is 70.4 Å². The molecular weight excluding hydrogens is 518 g/mol. The molecule has 202 valence electrons. The first-order valence-electron chi connectivity index (χ1n) is 13.8. The zero-order chi connectivity index (χ0) is 27.1. The Balaban J connectivity index is 1.06. The molecule has 0 bridgehead atoms. The molecule has 9 heteroatoms. The highest BCUT2D eigenvalue weighted by molar-refractivity contribution is 7.18. The molecule has 0 spiro atoms. The van der Waals surface area contributed by atoms with Crippen LogP contribution in [0.3, 0.4) is 0 Å². The maximum Gasteiger partial charge on any atom is 0.242 e. The number of carbonyl (C=O) groups is 1. The summed E-state index contributed by atoms with van der Waals surface area (Å²) in [6.07, 6.45) is 6.45. The minimum absolute atomic E-state index is 0.104. The highest BCUT2D eigenvalue weighted by Crippen LogP contribution is 2.36. The summed E-state index contributed by atoms with van der Waals surface area (Å²) >= 11 is 1.76. The van der Waals surface area contributed by atoms with Crippen molar-refractivity contribution in [3.8, 4) is 10.4 Å². The minimum Gasteiger partial charge on any atom is -0.367 e. The summed E-state index contributed by atoms with van der Waals surface area (Å²) in [7, 11) is 0. The normalized spacial score (nSPS) is 17.3. The molecule has 0 unspecified atom stereocenters. The summed E-state index contributed by atoms with van der Waals surface area (Å²) in [5.74, 6) is 0.108. The van der Waals surface area contributed by atoms with Gasteiger partial charge in [0.25, 0.3) is 0 Å². The summed E-state index contributed by atoms with van der Waals surface area (Å²) < 4.78 is 1.85. The van der Waals surface area contributed by atoms with Gasteiger partial charge in [0, 0.05) is 56.8 Å². The van der Waals surface area contributed by atoms with Crippen LogP contribution in [0.4, 0.5) is 10.8 Å². The number of pyridine rings is 1. The number of benzene rings is 2. The predicted octanol–water partition coefficient (Wildman–Crippen LogP) is 4.85. The van der Waals surface area contributed by atoms with E-state index in [1.807, 2.05) is 33.9 Å². The van der Waals surface area contributed by atoms with Crippen LogP contribution in [-0.2, 0) is 24.3 Å². The van der Waals surface area contributed by atoms with E-state index in [0.29, 0.717) is 6.54 Å². The Kier molecular flexibility index (Phi) is 6.43. The van der Waals surface area contributed by atoms with Crippen molar-refractivity contribution < 1.29 is 4.79 Å². The van der Waals surface area contributed by atoms with Gasteiger partial charge in [0.2, 0.25) is 5.91 Å². The lowest BCUT2D eigenvalue weighted by atomic mass is 9.97. The molecule has 3 aromatic heterocycles. The molecule has 40 heavy (non-hydrogen) atoms. The van der Waals surface area contributed by atoms with E-state index in [0.717, 1.165) is 48.9 Å². The van der Waals surface area contributed by atoms with Crippen molar-refractivity contribution in [3.05, 3.63) is 90.5 Å². The molecule has 5 heterocycles. The standard InChI is InChI=1S/C31H31N7OS/c1-22-18-35(15-16-38(22)29(39)20-37-21-34-26-10-6-13-32-30(26)37)27-11-5-9-23-12-14-36(19-25(23)27)31-33-17-28(40-31)24-7-3-2-4-8-24/h2-11,13,17,21-22H,12,14-16,18-20H2,1H3/t22-/m1/s1. The van der Waals surface area contributed by atoms with Crippen molar-refractivity contribution in [1.29, 1.82) is 0 Å². The van der Waals surface area contributed by atoms with Gasteiger partial charge in [0.15, 0.2) is 10.8 Å². The van der Waals surface area contributed by atoms with Crippen molar-refractivity contribution in [2.75, 3.05) is 36.0 Å². The Morgan fingerprint density at radius 1 is 0.950 bits per heavy atom. The Morgan fingerprint density at radius 3 is 2.73 bits per heavy atom. The molecule has 1 fully saturated rings. The molecule has 8 nitrogen and oxygen atoms in total. The number of nitrogens with zero attached hydrogens (tertiary/aromatic N) is 7. The van der Waals surface area contributed by atoms with E-state index >= 15 is 0 Å². The van der Waals surface area contributed by atoms with Gasteiger partial charge in [-0.3, -0.25) is 4.79 Å². The van der Waals surface area contributed by atoms with Gasteiger partial charge in [0.05, 0.1) is 11.2 Å². The largest absolute Gasteiger partial charge is 0.367 e. The van der Waals surface area contributed by atoms with Gasteiger partial charge in [-0.05, 0) is 48.2 Å². The average molecular weight is 550 g/mol. The first-order chi connectivity index (χ1) is 19.6. The molecule has 7 rings (SSSR count). The molecule has 0 N–H and O–H groups in total. The predicted molar refractivity (Wildman–Crippen MR) is 160 cm³/mol. The lowest BCUT2D eigenvalue weighted by Crippen LogP contribution is -2.55. The maximum atomic E-state index is 13.3. The number of imidazole rings is 1. The number of aromatic nitrogens is 4. The second-order valence-electron chi connectivity index (χ2n) is 10.6. The zero-order valence-corrected chi connectivity index (χ0v) is 23.3. The fourth-order valence-electron chi connectivity index (χ4n) is 5.97. The quantitative estimate of drug-likeness (QED) is 0.312. The van der Waals surface area contributed by atoms with Crippen LogP contribution in [0, 0.1) is 0 Å². The lowest BCUT2D eigenvalue weighted by Gasteiger charge is -2.42. The Morgan fingerprint density at radius 2 is 1.85 bits per heavy atom. The third kappa shape index (κ3) is 4.60. The van der Waals surface area contributed by atoms with Crippen LogP contribution in [0.25, 0.3) is 21.6 Å². The highest BCUT2D eigenvalue weighted by atomic mass is 32.1. The minimum atomic E-state index is 0.104. The third-order valence-electron chi connectivity index (χ3n) is 8.04. The first-order valence-corrected chi connectivity index (χ1v) is 14.6. The number of amides is 1. The van der Waals surface area contributed by atoms with Gasteiger partial charge in [-0.25, -0.2) is 15.0 Å². The van der Waals surface area contributed by atoms with Crippen molar-refractivity contribution in [1.82, 2.24) is 24.4 Å². The lowest BCUT2D eigenvalue weighted by molar-refractivity contribution is -0.134. The molecule has 1 saturated heterocycles. The van der Waals surface area contributed by atoms with Crippen LogP contribution < -0.4 is 9.80 Å². The number of thiazole rings is 1. The number of rotatable bonds is 5. The Hall–Kier alpha value is -4.24. The van der Waals surface area contributed by atoms with Gasteiger partial charge in [-0.2, -0.15) is 0 Å². The second-order valence-corrected chi connectivity index (χ2v) is 11.6. The number of hydrogen-bond acceptors (Lipinski definition) is 7. The van der Waals surface area contributed by atoms with Crippen LogP contribution in [0.2, 0.25) is 0 Å². The van der Waals surface area contributed by atoms with Gasteiger partial charge in [-0.1, -0.05) is 53.8 Å². The van der Waals surface area contributed by atoms with E-state index < -0.39 is 0 Å². The van der Waals surface area contributed by atoms with Crippen molar-refractivity contribution in [3.63, 3.8) is 0 Å². The summed E-state index contributed by atoms with van der Waals surface area (Å²) in [5, 5.41) is 1.07. The van der Waals surface area contributed by atoms with Gasteiger partial charge in [-0.15, -0.1) is 0 Å². The van der Waals surface area contributed by atoms with Crippen molar-refractivity contribution in [2.45, 2.75) is 32.5 Å². The maximum absolute atomic E-state index is 13.3. The van der Waals surface area contributed by atoms with Crippen LogP contribution in [0.5, 0.6) is 0 Å². The van der Waals surface area contributed by atoms with Crippen LogP contribution in [0.15, 0.2) is 79.4 Å². The fourth-order valence-corrected chi connectivity index (χ4v) is 6.91. The molecule has 1 atom stereocenters. The SMILES string of the molecule is C[C@@H]1CN(c2cccc3c2CN(c2ncc(-c4ccccc4)s2)CC3)CCN1C(=O)Cn1cnc2cccnc21. The summed E-state index contributed by atoms with van der Waals surface area (Å²) in [4.78, 5) is 35.0. The first kappa shape index (κ1) is 24.8. The smallest absolute Gasteiger partial charge is 0.242 e. The molecular formula is C31H31N7OS. The number of fused-ring (bicyclic) bond motifs is 2. The van der Waals surface area contributed by atoms with Crippen LogP contribution >= 0.6 is 11.3 Å². The van der Waals surface area contributed by atoms with Crippen LogP contribution in [-0.4, -0.2) is 62.5 Å². The van der Waals surface area contributed by atoms with E-state index in [1.165, 1.54) is 27.3 Å². The molecule has 0 saturated carbocycles. The van der Waals surface area contributed by atoms with Crippen molar-refractivity contribution in [2.24, 2.45) is 0 Å². The van der Waals surface area contributed by atoms with E-state index in [1.54, 1.807) is 23.9 Å². The molecule has 0 radical (unpaired) electrons. The summed E-state index contributed by atoms with van der Waals surface area (Å²) in [5.41, 5.74) is 6.85. The zero-order valence-electron chi connectivity index (χ0n) is 22.5.